The maximum absolute atomic E-state index is 5.79. The molecule has 1 aromatic rings. The fourth-order valence-corrected chi connectivity index (χ4v) is 3.15. The third-order valence-corrected chi connectivity index (χ3v) is 4.32. The number of piperazine rings is 1. The van der Waals surface area contributed by atoms with E-state index in [-0.39, 0.29) is 0 Å². The fraction of sp³-hybridized carbons (Fsp3) is 0.692. The van der Waals surface area contributed by atoms with Gasteiger partial charge in [-0.05, 0) is 26.3 Å². The average Bonchev–Trinajstić information content (AvgIpc) is 2.60. The molecule has 2 aliphatic heterocycles. The van der Waals surface area contributed by atoms with Gasteiger partial charge in [0.2, 0.25) is 5.95 Å². The molecule has 2 unspecified atom stereocenters. The largest absolute Gasteiger partial charge is 0.368 e. The molecule has 0 radical (unpaired) electrons. The van der Waals surface area contributed by atoms with Gasteiger partial charge in [-0.15, -0.1) is 0 Å². The third kappa shape index (κ3) is 1.92. The molecule has 2 bridgehead atoms. The summed E-state index contributed by atoms with van der Waals surface area (Å²) in [4.78, 5) is 13.5. The van der Waals surface area contributed by atoms with E-state index in [1.54, 1.807) is 0 Å². The van der Waals surface area contributed by atoms with Crippen LogP contribution in [0.4, 0.5) is 11.8 Å². The van der Waals surface area contributed by atoms with Crippen LogP contribution < -0.4 is 10.6 Å². The highest BCUT2D eigenvalue weighted by Gasteiger charge is 2.37. The number of hydrogen-bond donors (Lipinski definition) is 1. The summed E-state index contributed by atoms with van der Waals surface area (Å²) in [6.45, 7) is 4.22. The summed E-state index contributed by atoms with van der Waals surface area (Å²) < 4.78 is 0. The van der Waals surface area contributed by atoms with Crippen LogP contribution in [0.2, 0.25) is 0 Å². The van der Waals surface area contributed by atoms with Crippen LogP contribution in [0.3, 0.4) is 0 Å². The van der Waals surface area contributed by atoms with E-state index in [0.29, 0.717) is 18.0 Å². The molecule has 2 atom stereocenters. The molecule has 2 fully saturated rings. The van der Waals surface area contributed by atoms with Crippen molar-refractivity contribution in [3.05, 3.63) is 11.8 Å². The molecule has 1 aromatic heterocycles. The lowest BCUT2D eigenvalue weighted by atomic mass is 10.2. The number of aromatic nitrogens is 2. The highest BCUT2D eigenvalue weighted by molar-refractivity contribution is 5.45. The zero-order valence-corrected chi connectivity index (χ0v) is 11.1. The van der Waals surface area contributed by atoms with E-state index >= 15 is 0 Å². The summed E-state index contributed by atoms with van der Waals surface area (Å²) in [5.41, 5.74) is 6.83. The summed E-state index contributed by atoms with van der Waals surface area (Å²) in [7, 11) is 2.24. The van der Waals surface area contributed by atoms with Crippen LogP contribution in [0, 0.1) is 0 Å². The van der Waals surface area contributed by atoms with Crippen LogP contribution in [0.25, 0.3) is 0 Å². The lowest BCUT2D eigenvalue weighted by Crippen LogP contribution is -2.52. The molecule has 3 rings (SSSR count). The summed E-state index contributed by atoms with van der Waals surface area (Å²) in [5.74, 6) is 1.40. The SMILES string of the molecule is CCc1cc(N2CC3CCC(C2)N3C)nc(N)n1. The van der Waals surface area contributed by atoms with Crippen molar-refractivity contribution in [3.8, 4) is 0 Å². The molecule has 2 aliphatic rings. The first kappa shape index (κ1) is 11.7. The number of likely N-dealkylation sites (N-methyl/N-ethyl adjacent to an activating group) is 1. The normalized spacial score (nSPS) is 27.8. The first-order valence-corrected chi connectivity index (χ1v) is 6.77. The molecule has 0 aromatic carbocycles. The van der Waals surface area contributed by atoms with Crippen molar-refractivity contribution < 1.29 is 0 Å². The predicted molar refractivity (Wildman–Crippen MR) is 72.6 cm³/mol. The molecule has 0 aliphatic carbocycles. The molecule has 0 saturated carbocycles. The summed E-state index contributed by atoms with van der Waals surface area (Å²) in [5, 5.41) is 0. The van der Waals surface area contributed by atoms with Crippen LogP contribution in [-0.2, 0) is 6.42 Å². The Hall–Kier alpha value is -1.36. The van der Waals surface area contributed by atoms with Gasteiger partial charge in [-0.2, -0.15) is 4.98 Å². The number of nitrogens with two attached hydrogens (primary N) is 1. The molecule has 5 heteroatoms. The smallest absolute Gasteiger partial charge is 0.222 e. The number of aryl methyl sites for hydroxylation is 1. The molecule has 2 N–H and O–H groups in total. The minimum atomic E-state index is 0.399. The lowest BCUT2D eigenvalue weighted by Gasteiger charge is -2.39. The van der Waals surface area contributed by atoms with Crippen molar-refractivity contribution in [2.45, 2.75) is 38.3 Å². The van der Waals surface area contributed by atoms with E-state index in [1.165, 1.54) is 12.8 Å². The van der Waals surface area contributed by atoms with Crippen molar-refractivity contribution in [1.82, 2.24) is 14.9 Å². The van der Waals surface area contributed by atoms with E-state index in [0.717, 1.165) is 31.0 Å². The number of hydrogen-bond acceptors (Lipinski definition) is 5. The topological polar surface area (TPSA) is 58.3 Å². The van der Waals surface area contributed by atoms with Crippen LogP contribution >= 0.6 is 0 Å². The molecule has 98 valence electrons. The minimum absolute atomic E-state index is 0.399. The standard InChI is InChI=1S/C13H21N5/c1-3-9-6-12(16-13(14)15-9)18-7-10-4-5-11(8-18)17(10)2/h6,10-11H,3-5,7-8H2,1-2H3,(H2,14,15,16). The van der Waals surface area contributed by atoms with Crippen LogP contribution in [-0.4, -0.2) is 47.1 Å². The molecule has 2 saturated heterocycles. The van der Waals surface area contributed by atoms with Gasteiger partial charge in [0.1, 0.15) is 5.82 Å². The Morgan fingerprint density at radius 2 is 1.94 bits per heavy atom. The predicted octanol–water partition coefficient (Wildman–Crippen LogP) is 0.904. The van der Waals surface area contributed by atoms with E-state index in [2.05, 4.69) is 39.8 Å². The zero-order valence-electron chi connectivity index (χ0n) is 11.1. The molecular formula is C13H21N5. The Morgan fingerprint density at radius 3 is 2.56 bits per heavy atom. The van der Waals surface area contributed by atoms with Crippen molar-refractivity contribution in [1.29, 1.82) is 0 Å². The molecule has 0 spiro atoms. The Balaban J connectivity index is 1.85. The van der Waals surface area contributed by atoms with Crippen LogP contribution in [0.15, 0.2) is 6.07 Å². The lowest BCUT2D eigenvalue weighted by molar-refractivity contribution is 0.212. The monoisotopic (exact) mass is 247 g/mol. The van der Waals surface area contributed by atoms with Gasteiger partial charge in [-0.3, -0.25) is 4.90 Å². The van der Waals surface area contributed by atoms with Gasteiger partial charge in [-0.1, -0.05) is 6.92 Å². The Bertz CT molecular complexity index is 433. The molecule has 0 amide bonds. The van der Waals surface area contributed by atoms with E-state index < -0.39 is 0 Å². The van der Waals surface area contributed by atoms with Crippen molar-refractivity contribution in [2.24, 2.45) is 0 Å². The number of nitrogen functional groups attached to an aromatic ring is 1. The van der Waals surface area contributed by atoms with Crippen LogP contribution in [0.1, 0.15) is 25.5 Å². The second-order valence-corrected chi connectivity index (χ2v) is 5.38. The van der Waals surface area contributed by atoms with Gasteiger partial charge in [0.25, 0.3) is 0 Å². The Kier molecular flexibility index (Phi) is 2.86. The number of anilines is 2. The van der Waals surface area contributed by atoms with Gasteiger partial charge < -0.3 is 10.6 Å². The van der Waals surface area contributed by atoms with Gasteiger partial charge in [0.05, 0.1) is 0 Å². The minimum Gasteiger partial charge on any atom is -0.368 e. The molecule has 18 heavy (non-hydrogen) atoms. The van der Waals surface area contributed by atoms with Gasteiger partial charge in [0, 0.05) is 36.9 Å². The first-order valence-electron chi connectivity index (χ1n) is 6.77. The second-order valence-electron chi connectivity index (χ2n) is 5.38. The van der Waals surface area contributed by atoms with Crippen LogP contribution in [0.5, 0.6) is 0 Å². The summed E-state index contributed by atoms with van der Waals surface area (Å²) >= 11 is 0. The quantitative estimate of drug-likeness (QED) is 0.841. The highest BCUT2D eigenvalue weighted by atomic mass is 15.3. The molecular weight excluding hydrogens is 226 g/mol. The zero-order chi connectivity index (χ0) is 12.7. The number of rotatable bonds is 2. The maximum atomic E-state index is 5.79. The second kappa shape index (κ2) is 4.39. The maximum Gasteiger partial charge on any atom is 0.222 e. The van der Waals surface area contributed by atoms with Crippen molar-refractivity contribution in [3.63, 3.8) is 0 Å². The van der Waals surface area contributed by atoms with Gasteiger partial charge in [0.15, 0.2) is 0 Å². The summed E-state index contributed by atoms with van der Waals surface area (Å²) in [6, 6.07) is 3.43. The van der Waals surface area contributed by atoms with Gasteiger partial charge in [-0.25, -0.2) is 4.98 Å². The number of nitrogens with zero attached hydrogens (tertiary/aromatic N) is 4. The van der Waals surface area contributed by atoms with Crippen molar-refractivity contribution >= 4 is 11.8 Å². The van der Waals surface area contributed by atoms with E-state index in [1.807, 2.05) is 0 Å². The highest BCUT2D eigenvalue weighted by Crippen LogP contribution is 2.30. The van der Waals surface area contributed by atoms with Gasteiger partial charge >= 0.3 is 0 Å². The van der Waals surface area contributed by atoms with E-state index in [9.17, 15) is 0 Å². The first-order chi connectivity index (χ1) is 8.67. The van der Waals surface area contributed by atoms with Crippen molar-refractivity contribution in [2.75, 3.05) is 30.8 Å². The molecule has 3 heterocycles. The molecule has 5 nitrogen and oxygen atoms in total. The average molecular weight is 247 g/mol. The summed E-state index contributed by atoms with van der Waals surface area (Å²) in [6.07, 6.45) is 3.51. The third-order valence-electron chi connectivity index (χ3n) is 4.32. The Labute approximate surface area is 108 Å². The Morgan fingerprint density at radius 1 is 1.28 bits per heavy atom. The number of fused-ring (bicyclic) bond motifs is 2. The fourth-order valence-electron chi connectivity index (χ4n) is 3.15. The van der Waals surface area contributed by atoms with E-state index in [4.69, 9.17) is 5.73 Å².